The monoisotopic (exact) mass is 228 g/mol. The third-order valence-electron chi connectivity index (χ3n) is 3.33. The van der Waals surface area contributed by atoms with E-state index in [1.807, 2.05) is 14.0 Å². The van der Waals surface area contributed by atoms with Crippen LogP contribution in [0, 0.1) is 0 Å². The smallest absolute Gasteiger partial charge is 0.222 e. The fourth-order valence-electron chi connectivity index (χ4n) is 2.08. The molecule has 1 rings (SSSR count). The lowest BCUT2D eigenvalue weighted by atomic mass is 10.1. The predicted molar refractivity (Wildman–Crippen MR) is 64.4 cm³/mol. The fraction of sp³-hybridized carbons (Fsp3) is 0.917. The van der Waals surface area contributed by atoms with Crippen LogP contribution in [0.15, 0.2) is 0 Å². The Bertz CT molecular complexity index is 215. The van der Waals surface area contributed by atoms with Crippen LogP contribution < -0.4 is 5.32 Å². The first-order valence-corrected chi connectivity index (χ1v) is 6.13. The second-order valence-electron chi connectivity index (χ2n) is 4.64. The molecule has 0 aromatic heterocycles. The normalized spacial score (nSPS) is 22.1. The number of likely N-dealkylation sites (N-methyl/N-ethyl adjacent to an activating group) is 1. The van der Waals surface area contributed by atoms with Gasteiger partial charge in [0.15, 0.2) is 0 Å². The highest BCUT2D eigenvalue weighted by Gasteiger charge is 2.19. The van der Waals surface area contributed by atoms with Crippen LogP contribution in [0.5, 0.6) is 0 Å². The summed E-state index contributed by atoms with van der Waals surface area (Å²) in [6, 6.07) is 0.712. The standard InChI is InChI=1S/C12H24N2O2/c1-10(9-16-3)14(2)12(15)7-6-11-5-4-8-13-11/h10-11,13H,4-9H2,1-3H3. The quantitative estimate of drug-likeness (QED) is 0.738. The Hall–Kier alpha value is -0.610. The molecule has 0 aromatic carbocycles. The zero-order chi connectivity index (χ0) is 12.0. The maximum Gasteiger partial charge on any atom is 0.222 e. The lowest BCUT2D eigenvalue weighted by molar-refractivity contribution is -0.132. The van der Waals surface area contributed by atoms with E-state index in [9.17, 15) is 4.79 Å². The highest BCUT2D eigenvalue weighted by atomic mass is 16.5. The van der Waals surface area contributed by atoms with Crippen molar-refractivity contribution in [3.05, 3.63) is 0 Å². The Labute approximate surface area is 98.3 Å². The van der Waals surface area contributed by atoms with Crippen molar-refractivity contribution in [2.45, 2.75) is 44.7 Å². The molecule has 0 aromatic rings. The van der Waals surface area contributed by atoms with Crippen LogP contribution in [0.25, 0.3) is 0 Å². The van der Waals surface area contributed by atoms with Crippen LogP contribution in [0.2, 0.25) is 0 Å². The van der Waals surface area contributed by atoms with Gasteiger partial charge in [0.1, 0.15) is 0 Å². The molecule has 0 saturated carbocycles. The van der Waals surface area contributed by atoms with Crippen LogP contribution >= 0.6 is 0 Å². The first-order valence-electron chi connectivity index (χ1n) is 6.13. The number of nitrogens with zero attached hydrogens (tertiary/aromatic N) is 1. The molecule has 1 saturated heterocycles. The van der Waals surface area contributed by atoms with E-state index in [2.05, 4.69) is 5.32 Å². The number of ether oxygens (including phenoxy) is 1. The number of carbonyl (C=O) groups is 1. The Morgan fingerprint density at radius 1 is 1.62 bits per heavy atom. The molecule has 4 heteroatoms. The van der Waals surface area contributed by atoms with E-state index < -0.39 is 0 Å². The molecule has 1 amide bonds. The van der Waals surface area contributed by atoms with Gasteiger partial charge in [0, 0.05) is 26.6 Å². The van der Waals surface area contributed by atoms with Crippen molar-refractivity contribution in [2.75, 3.05) is 27.3 Å². The average Bonchev–Trinajstić information content (AvgIpc) is 2.78. The summed E-state index contributed by atoms with van der Waals surface area (Å²) < 4.78 is 5.05. The number of nitrogens with one attached hydrogen (secondary N) is 1. The summed E-state index contributed by atoms with van der Waals surface area (Å²) in [6.07, 6.45) is 4.06. The van der Waals surface area contributed by atoms with Crippen LogP contribution in [0.3, 0.4) is 0 Å². The Morgan fingerprint density at radius 2 is 2.38 bits per heavy atom. The fourth-order valence-corrected chi connectivity index (χ4v) is 2.08. The van der Waals surface area contributed by atoms with Crippen LogP contribution in [0.4, 0.5) is 0 Å². The van der Waals surface area contributed by atoms with Crippen LogP contribution in [-0.2, 0) is 9.53 Å². The molecule has 2 atom stereocenters. The Morgan fingerprint density at radius 3 is 2.94 bits per heavy atom. The molecule has 1 aliphatic heterocycles. The molecule has 1 fully saturated rings. The maximum absolute atomic E-state index is 11.9. The van der Waals surface area contributed by atoms with Crippen molar-refractivity contribution in [2.24, 2.45) is 0 Å². The van der Waals surface area contributed by atoms with Crippen molar-refractivity contribution >= 4 is 5.91 Å². The number of hydrogen-bond donors (Lipinski definition) is 1. The Balaban J connectivity index is 2.22. The summed E-state index contributed by atoms with van der Waals surface area (Å²) in [7, 11) is 3.52. The van der Waals surface area contributed by atoms with Gasteiger partial charge in [-0.3, -0.25) is 4.79 Å². The van der Waals surface area contributed by atoms with E-state index in [-0.39, 0.29) is 11.9 Å². The molecule has 1 N–H and O–H groups in total. The molecule has 2 unspecified atom stereocenters. The summed E-state index contributed by atoms with van der Waals surface area (Å²) in [5, 5.41) is 3.41. The van der Waals surface area contributed by atoms with Gasteiger partial charge in [-0.2, -0.15) is 0 Å². The van der Waals surface area contributed by atoms with Gasteiger partial charge in [0.25, 0.3) is 0 Å². The minimum Gasteiger partial charge on any atom is -0.383 e. The van der Waals surface area contributed by atoms with Gasteiger partial charge < -0.3 is 15.0 Å². The summed E-state index contributed by atoms with van der Waals surface area (Å²) in [4.78, 5) is 13.6. The van der Waals surface area contributed by atoms with Crippen LogP contribution in [0.1, 0.15) is 32.6 Å². The highest BCUT2D eigenvalue weighted by molar-refractivity contribution is 5.76. The van der Waals surface area contributed by atoms with Crippen molar-refractivity contribution < 1.29 is 9.53 Å². The predicted octanol–water partition coefficient (Wildman–Crippen LogP) is 1.01. The van der Waals surface area contributed by atoms with Gasteiger partial charge >= 0.3 is 0 Å². The molecule has 1 aliphatic rings. The zero-order valence-corrected chi connectivity index (χ0v) is 10.7. The highest BCUT2D eigenvalue weighted by Crippen LogP contribution is 2.12. The zero-order valence-electron chi connectivity index (χ0n) is 10.7. The number of rotatable bonds is 6. The van der Waals surface area contributed by atoms with E-state index >= 15 is 0 Å². The number of hydrogen-bond acceptors (Lipinski definition) is 3. The molecular weight excluding hydrogens is 204 g/mol. The third kappa shape index (κ3) is 4.10. The summed E-state index contributed by atoms with van der Waals surface area (Å²) >= 11 is 0. The molecule has 94 valence electrons. The SMILES string of the molecule is COCC(C)N(C)C(=O)CCC1CCCN1. The minimum absolute atomic E-state index is 0.161. The topological polar surface area (TPSA) is 41.6 Å². The number of amides is 1. The van der Waals surface area contributed by atoms with E-state index in [1.54, 1.807) is 12.0 Å². The van der Waals surface area contributed by atoms with E-state index in [0.29, 0.717) is 19.1 Å². The van der Waals surface area contributed by atoms with Gasteiger partial charge in [-0.05, 0) is 32.7 Å². The first-order chi connectivity index (χ1) is 7.65. The van der Waals surface area contributed by atoms with Crippen molar-refractivity contribution in [1.29, 1.82) is 0 Å². The molecule has 0 bridgehead atoms. The van der Waals surface area contributed by atoms with E-state index in [4.69, 9.17) is 4.74 Å². The van der Waals surface area contributed by atoms with Crippen molar-refractivity contribution in [3.8, 4) is 0 Å². The van der Waals surface area contributed by atoms with E-state index in [1.165, 1.54) is 12.8 Å². The minimum atomic E-state index is 0.161. The van der Waals surface area contributed by atoms with Gasteiger partial charge in [0.05, 0.1) is 12.6 Å². The van der Waals surface area contributed by atoms with Crippen molar-refractivity contribution in [3.63, 3.8) is 0 Å². The molecule has 0 spiro atoms. The van der Waals surface area contributed by atoms with Gasteiger partial charge in [-0.15, -0.1) is 0 Å². The first kappa shape index (κ1) is 13.5. The summed E-state index contributed by atoms with van der Waals surface area (Å²) in [5.41, 5.74) is 0. The molecular formula is C12H24N2O2. The summed E-state index contributed by atoms with van der Waals surface area (Å²) in [6.45, 7) is 3.72. The molecule has 0 aliphatic carbocycles. The molecule has 16 heavy (non-hydrogen) atoms. The van der Waals surface area contributed by atoms with Crippen molar-refractivity contribution in [1.82, 2.24) is 10.2 Å². The van der Waals surface area contributed by atoms with Crippen LogP contribution in [-0.4, -0.2) is 50.2 Å². The third-order valence-corrected chi connectivity index (χ3v) is 3.33. The number of methoxy groups -OCH3 is 1. The maximum atomic E-state index is 11.9. The lowest BCUT2D eigenvalue weighted by Gasteiger charge is -2.24. The Kier molecular flexibility index (Phi) is 5.77. The average molecular weight is 228 g/mol. The second kappa shape index (κ2) is 6.86. The molecule has 0 radical (unpaired) electrons. The van der Waals surface area contributed by atoms with Gasteiger partial charge in [0.2, 0.25) is 5.91 Å². The largest absolute Gasteiger partial charge is 0.383 e. The van der Waals surface area contributed by atoms with Gasteiger partial charge in [-0.1, -0.05) is 0 Å². The van der Waals surface area contributed by atoms with E-state index in [0.717, 1.165) is 13.0 Å². The lowest BCUT2D eigenvalue weighted by Crippen LogP contribution is -2.38. The van der Waals surface area contributed by atoms with Gasteiger partial charge in [-0.25, -0.2) is 0 Å². The molecule has 1 heterocycles. The number of carbonyl (C=O) groups excluding carboxylic acids is 1. The molecule has 4 nitrogen and oxygen atoms in total. The summed E-state index contributed by atoms with van der Waals surface area (Å²) in [5.74, 6) is 0.221. The second-order valence-corrected chi connectivity index (χ2v) is 4.64.